The molecule has 1 amide bonds. The van der Waals surface area contributed by atoms with Gasteiger partial charge in [-0.3, -0.25) is 9.59 Å². The fourth-order valence-corrected chi connectivity index (χ4v) is 6.75. The van der Waals surface area contributed by atoms with E-state index in [4.69, 9.17) is 14.2 Å². The molecule has 0 spiro atoms. The molecule has 0 N–H and O–H groups in total. The summed E-state index contributed by atoms with van der Waals surface area (Å²) in [4.78, 5) is 41.5. The van der Waals surface area contributed by atoms with Crippen LogP contribution in [0.2, 0.25) is 0 Å². The fraction of sp³-hybridized carbons (Fsp3) is 0.545. The molecular weight excluding hydrogens is 586 g/mol. The van der Waals surface area contributed by atoms with Gasteiger partial charge < -0.3 is 19.1 Å². The van der Waals surface area contributed by atoms with Crippen LogP contribution in [0.3, 0.4) is 0 Å². The molecular formula is C33H42BrNO6. The Morgan fingerprint density at radius 3 is 2.61 bits per heavy atom. The zero-order valence-corrected chi connectivity index (χ0v) is 25.6. The van der Waals surface area contributed by atoms with Crippen molar-refractivity contribution in [3.05, 3.63) is 53.5 Å². The number of hydrogen-bond donors (Lipinski definition) is 0. The molecule has 3 atom stereocenters. The van der Waals surface area contributed by atoms with Crippen LogP contribution in [0.25, 0.3) is 10.8 Å². The number of halogens is 1. The van der Waals surface area contributed by atoms with Crippen molar-refractivity contribution in [2.24, 2.45) is 11.8 Å². The maximum Gasteiger partial charge on any atom is 0.328 e. The van der Waals surface area contributed by atoms with E-state index in [1.165, 1.54) is 7.11 Å². The second kappa shape index (κ2) is 15.4. The number of fused-ring (bicyclic) bond motifs is 1. The Morgan fingerprint density at radius 1 is 1.07 bits per heavy atom. The maximum atomic E-state index is 14.1. The Kier molecular flexibility index (Phi) is 11.7. The van der Waals surface area contributed by atoms with Crippen molar-refractivity contribution in [3.8, 4) is 5.75 Å². The number of ether oxygens (including phenoxy) is 3. The highest BCUT2D eigenvalue weighted by molar-refractivity contribution is 9.10. The van der Waals surface area contributed by atoms with Crippen molar-refractivity contribution >= 4 is 44.5 Å². The zero-order valence-electron chi connectivity index (χ0n) is 24.0. The summed E-state index contributed by atoms with van der Waals surface area (Å²) in [6.45, 7) is 4.34. The minimum atomic E-state index is -0.760. The highest BCUT2D eigenvalue weighted by Gasteiger charge is 2.45. The molecule has 222 valence electrons. The number of allylic oxidation sites excluding steroid dienone is 1. The normalized spacial score (nSPS) is 20.0. The van der Waals surface area contributed by atoms with E-state index in [1.807, 2.05) is 42.5 Å². The van der Waals surface area contributed by atoms with Gasteiger partial charge in [0.05, 0.1) is 37.1 Å². The number of hydrogen-bond acceptors (Lipinski definition) is 6. The Morgan fingerprint density at radius 2 is 1.85 bits per heavy atom. The quantitative estimate of drug-likeness (QED) is 0.135. The van der Waals surface area contributed by atoms with Crippen LogP contribution in [0.15, 0.2) is 53.5 Å². The molecule has 0 bridgehead atoms. The minimum absolute atomic E-state index is 0.0301. The third kappa shape index (κ3) is 8.12. The highest BCUT2D eigenvalue weighted by Crippen LogP contribution is 2.38. The molecule has 2 fully saturated rings. The predicted molar refractivity (Wildman–Crippen MR) is 163 cm³/mol. The van der Waals surface area contributed by atoms with Crippen LogP contribution in [-0.2, 0) is 23.9 Å². The van der Waals surface area contributed by atoms with E-state index in [2.05, 4.69) is 22.5 Å². The van der Waals surface area contributed by atoms with E-state index in [-0.39, 0.29) is 30.8 Å². The number of esters is 2. The molecule has 7 nitrogen and oxygen atoms in total. The summed E-state index contributed by atoms with van der Waals surface area (Å²) in [5.74, 6) is -0.775. The first-order chi connectivity index (χ1) is 19.9. The molecule has 2 aromatic carbocycles. The largest absolute Gasteiger partial charge is 0.487 e. The number of amides is 1. The standard InChI is InChI=1S/C33H42BrNO6/c1-3-4-5-6-12-19-40-30(36)21-27(23-13-8-7-9-14-23)32(37)35-22-25(20-28(35)33(38)39-2)41-29-18-17-24-15-10-11-16-26(24)31(29)34/h3,10-11,15-18,23,25,27-28H,1,4-9,12-14,19-22H2,2H3/t25-,27+,28+/m1/s1. The number of methoxy groups -OCH3 is 1. The Labute approximate surface area is 251 Å². The van der Waals surface area contributed by atoms with Gasteiger partial charge in [0, 0.05) is 6.42 Å². The molecule has 0 aromatic heterocycles. The van der Waals surface area contributed by atoms with E-state index < -0.39 is 24.0 Å². The first-order valence-electron chi connectivity index (χ1n) is 14.9. The third-order valence-electron chi connectivity index (χ3n) is 8.38. The van der Waals surface area contributed by atoms with E-state index in [9.17, 15) is 14.4 Å². The SMILES string of the molecule is C=CCCCCCOC(=O)C[C@H](C(=O)N1C[C@H](Oc2ccc3ccccc3c2Br)C[C@H]1C(=O)OC)C1CCCCC1. The number of rotatable bonds is 13. The second-order valence-corrected chi connectivity index (χ2v) is 12.0. The number of nitrogens with zero attached hydrogens (tertiary/aromatic N) is 1. The summed E-state index contributed by atoms with van der Waals surface area (Å²) in [7, 11) is 1.34. The molecule has 1 saturated heterocycles. The molecule has 1 aliphatic carbocycles. The lowest BCUT2D eigenvalue weighted by Crippen LogP contribution is -2.46. The number of carbonyl (C=O) groups excluding carboxylic acids is 3. The summed E-state index contributed by atoms with van der Waals surface area (Å²) in [6.07, 6.45) is 10.6. The summed E-state index contributed by atoms with van der Waals surface area (Å²) in [5, 5.41) is 2.11. The van der Waals surface area contributed by atoms with Gasteiger partial charge in [-0.2, -0.15) is 0 Å². The third-order valence-corrected chi connectivity index (χ3v) is 9.20. The van der Waals surface area contributed by atoms with Gasteiger partial charge >= 0.3 is 11.9 Å². The average Bonchev–Trinajstić information content (AvgIpc) is 3.43. The van der Waals surface area contributed by atoms with Gasteiger partial charge in [0.1, 0.15) is 17.9 Å². The molecule has 8 heteroatoms. The molecule has 2 aliphatic rings. The van der Waals surface area contributed by atoms with E-state index in [1.54, 1.807) is 4.90 Å². The molecule has 0 radical (unpaired) electrons. The van der Waals surface area contributed by atoms with Crippen molar-refractivity contribution in [1.82, 2.24) is 4.90 Å². The first kappa shape index (κ1) is 31.1. The second-order valence-electron chi connectivity index (χ2n) is 11.2. The molecule has 1 saturated carbocycles. The maximum absolute atomic E-state index is 14.1. The molecule has 2 aromatic rings. The Balaban J connectivity index is 1.47. The predicted octanol–water partition coefficient (Wildman–Crippen LogP) is 7.00. The van der Waals surface area contributed by atoms with E-state index in [0.29, 0.717) is 18.8 Å². The van der Waals surface area contributed by atoms with E-state index in [0.717, 1.165) is 73.0 Å². The molecule has 1 heterocycles. The molecule has 0 unspecified atom stereocenters. The van der Waals surface area contributed by atoms with Crippen LogP contribution in [0.1, 0.15) is 70.6 Å². The van der Waals surface area contributed by atoms with Gasteiger partial charge in [0.15, 0.2) is 0 Å². The number of carbonyl (C=O) groups is 3. The first-order valence-corrected chi connectivity index (χ1v) is 15.7. The number of benzene rings is 2. The highest BCUT2D eigenvalue weighted by atomic mass is 79.9. The van der Waals surface area contributed by atoms with Gasteiger partial charge in [0.2, 0.25) is 5.91 Å². The van der Waals surface area contributed by atoms with Crippen molar-refractivity contribution in [1.29, 1.82) is 0 Å². The fourth-order valence-electron chi connectivity index (χ4n) is 6.17. The van der Waals surface area contributed by atoms with Crippen molar-refractivity contribution in [3.63, 3.8) is 0 Å². The van der Waals surface area contributed by atoms with Gasteiger partial charge in [-0.15, -0.1) is 6.58 Å². The minimum Gasteiger partial charge on any atom is -0.487 e. The van der Waals surface area contributed by atoms with E-state index >= 15 is 0 Å². The molecule has 41 heavy (non-hydrogen) atoms. The molecule has 4 rings (SSSR count). The van der Waals surface area contributed by atoms with Crippen LogP contribution >= 0.6 is 15.9 Å². The van der Waals surface area contributed by atoms with Crippen molar-refractivity contribution in [2.75, 3.05) is 20.3 Å². The van der Waals surface area contributed by atoms with Gasteiger partial charge in [-0.05, 0) is 77.2 Å². The van der Waals surface area contributed by atoms with Gasteiger partial charge in [-0.1, -0.05) is 55.7 Å². The van der Waals surface area contributed by atoms with Crippen molar-refractivity contribution in [2.45, 2.75) is 82.8 Å². The topological polar surface area (TPSA) is 82.1 Å². The van der Waals surface area contributed by atoms with Crippen LogP contribution in [0.4, 0.5) is 0 Å². The summed E-state index contributed by atoms with van der Waals surface area (Å²) in [5.41, 5.74) is 0. The van der Waals surface area contributed by atoms with Gasteiger partial charge in [0.25, 0.3) is 0 Å². The summed E-state index contributed by atoms with van der Waals surface area (Å²) in [6, 6.07) is 11.1. The summed E-state index contributed by atoms with van der Waals surface area (Å²) >= 11 is 3.68. The van der Waals surface area contributed by atoms with Crippen LogP contribution < -0.4 is 4.74 Å². The monoisotopic (exact) mass is 627 g/mol. The van der Waals surface area contributed by atoms with Crippen molar-refractivity contribution < 1.29 is 28.6 Å². The number of unbranched alkanes of at least 4 members (excludes halogenated alkanes) is 3. The zero-order chi connectivity index (χ0) is 29.2. The lowest BCUT2D eigenvalue weighted by molar-refractivity contribution is -0.156. The van der Waals surface area contributed by atoms with Crippen LogP contribution in [-0.4, -0.2) is 55.2 Å². The Hall–Kier alpha value is -2.87. The van der Waals surface area contributed by atoms with Gasteiger partial charge in [-0.25, -0.2) is 4.79 Å². The molecule has 1 aliphatic heterocycles. The average molecular weight is 629 g/mol. The Bertz CT molecular complexity index is 1210. The van der Waals surface area contributed by atoms with Crippen LogP contribution in [0, 0.1) is 11.8 Å². The lowest BCUT2D eigenvalue weighted by Gasteiger charge is -2.33. The summed E-state index contributed by atoms with van der Waals surface area (Å²) < 4.78 is 17.9. The number of likely N-dealkylation sites (tertiary alicyclic amines) is 1. The smallest absolute Gasteiger partial charge is 0.328 e. The van der Waals surface area contributed by atoms with Crippen LogP contribution in [0.5, 0.6) is 5.75 Å². The lowest BCUT2D eigenvalue weighted by atomic mass is 9.77.